The van der Waals surface area contributed by atoms with Crippen LogP contribution in [0.3, 0.4) is 0 Å². The lowest BCUT2D eigenvalue weighted by atomic mass is 9.95. The average molecular weight is 417 g/mol. The Balaban J connectivity index is 1.74. The van der Waals surface area contributed by atoms with Gasteiger partial charge >= 0.3 is 6.09 Å². The van der Waals surface area contributed by atoms with Crippen molar-refractivity contribution in [1.29, 1.82) is 0 Å². The number of carbonyl (C=O) groups is 2. The molecule has 2 N–H and O–H groups in total. The van der Waals surface area contributed by atoms with Crippen molar-refractivity contribution in [2.45, 2.75) is 52.7 Å². The fraction of sp³-hybridized carbons (Fsp3) is 0.591. The summed E-state index contributed by atoms with van der Waals surface area (Å²) in [4.78, 5) is 27.1. The van der Waals surface area contributed by atoms with Crippen LogP contribution in [0.1, 0.15) is 45.9 Å². The van der Waals surface area contributed by atoms with Gasteiger partial charge in [-0.25, -0.2) is 4.79 Å². The van der Waals surface area contributed by atoms with Gasteiger partial charge < -0.3 is 19.7 Å². The molecule has 30 heavy (non-hydrogen) atoms. The number of para-hydroxylation sites is 1. The topological polar surface area (TPSA) is 96.5 Å². The standard InChI is InChI=1S/C22H32N4O4/c1-14-8-7-9-16-17(14)24-25-18(16)22(5,6)23-19(27)15-12-26(10-11-29-13-15)20(28)30-21(2,3)4/h7-9,15H,10-13H2,1-6H3,(H,23,27)(H,24,25). The average Bonchev–Trinajstić information content (AvgIpc) is 2.92. The Kier molecular flexibility index (Phi) is 6.08. The van der Waals surface area contributed by atoms with Gasteiger partial charge in [-0.05, 0) is 47.1 Å². The molecule has 1 unspecified atom stereocenters. The molecule has 2 amide bonds. The zero-order valence-electron chi connectivity index (χ0n) is 18.7. The Bertz CT molecular complexity index is 929. The molecule has 0 saturated carbocycles. The van der Waals surface area contributed by atoms with Gasteiger partial charge in [0, 0.05) is 18.5 Å². The molecule has 2 aromatic rings. The molecule has 1 aromatic carbocycles. The minimum atomic E-state index is -0.678. The molecule has 0 radical (unpaired) electrons. The number of hydrogen-bond acceptors (Lipinski definition) is 5. The third-order valence-corrected chi connectivity index (χ3v) is 5.14. The van der Waals surface area contributed by atoms with Crippen molar-refractivity contribution in [3.8, 4) is 0 Å². The van der Waals surface area contributed by atoms with Crippen LogP contribution in [-0.2, 0) is 19.8 Å². The summed E-state index contributed by atoms with van der Waals surface area (Å²) in [6.07, 6.45) is -0.430. The molecule has 1 aromatic heterocycles. The van der Waals surface area contributed by atoms with Crippen LogP contribution in [0, 0.1) is 12.8 Å². The van der Waals surface area contributed by atoms with E-state index in [0.717, 1.165) is 22.2 Å². The number of nitrogens with one attached hydrogen (secondary N) is 2. The van der Waals surface area contributed by atoms with Crippen molar-refractivity contribution in [3.63, 3.8) is 0 Å². The lowest BCUT2D eigenvalue weighted by molar-refractivity contribution is -0.128. The number of aromatic amines is 1. The summed E-state index contributed by atoms with van der Waals surface area (Å²) in [5.41, 5.74) is 1.53. The molecule has 8 heteroatoms. The lowest BCUT2D eigenvalue weighted by Crippen LogP contribution is -2.48. The van der Waals surface area contributed by atoms with Crippen LogP contribution in [0.4, 0.5) is 4.79 Å². The number of carbonyl (C=O) groups excluding carboxylic acids is 2. The van der Waals surface area contributed by atoms with Gasteiger partial charge in [0.05, 0.1) is 35.9 Å². The Morgan fingerprint density at radius 1 is 1.27 bits per heavy atom. The minimum absolute atomic E-state index is 0.175. The first-order valence-corrected chi connectivity index (χ1v) is 10.3. The van der Waals surface area contributed by atoms with Crippen molar-refractivity contribution in [2.75, 3.05) is 26.3 Å². The van der Waals surface area contributed by atoms with E-state index in [1.54, 1.807) is 4.90 Å². The van der Waals surface area contributed by atoms with Crippen LogP contribution >= 0.6 is 0 Å². The Morgan fingerprint density at radius 3 is 2.70 bits per heavy atom. The zero-order chi connectivity index (χ0) is 22.1. The molecule has 0 spiro atoms. The first-order valence-electron chi connectivity index (χ1n) is 10.3. The summed E-state index contributed by atoms with van der Waals surface area (Å²) in [5.74, 6) is -0.666. The highest BCUT2D eigenvalue weighted by molar-refractivity contribution is 5.86. The lowest BCUT2D eigenvalue weighted by Gasteiger charge is -2.30. The Hall–Kier alpha value is -2.61. The number of rotatable bonds is 3. The van der Waals surface area contributed by atoms with Crippen LogP contribution in [0.2, 0.25) is 0 Å². The van der Waals surface area contributed by atoms with E-state index in [0.29, 0.717) is 13.2 Å². The molecular formula is C22H32N4O4. The summed E-state index contributed by atoms with van der Waals surface area (Å²) >= 11 is 0. The summed E-state index contributed by atoms with van der Waals surface area (Å²) in [5, 5.41) is 11.6. The van der Waals surface area contributed by atoms with E-state index in [4.69, 9.17) is 9.47 Å². The monoisotopic (exact) mass is 416 g/mol. The third kappa shape index (κ3) is 4.92. The molecule has 1 fully saturated rings. The molecule has 1 saturated heterocycles. The quantitative estimate of drug-likeness (QED) is 0.801. The predicted molar refractivity (Wildman–Crippen MR) is 114 cm³/mol. The summed E-state index contributed by atoms with van der Waals surface area (Å²) in [7, 11) is 0. The van der Waals surface area contributed by atoms with Gasteiger partial charge in [0.2, 0.25) is 5.91 Å². The highest BCUT2D eigenvalue weighted by atomic mass is 16.6. The number of fused-ring (bicyclic) bond motifs is 1. The number of aryl methyl sites for hydroxylation is 1. The maximum Gasteiger partial charge on any atom is 0.410 e. The molecule has 2 heterocycles. The van der Waals surface area contributed by atoms with Crippen LogP contribution in [-0.4, -0.2) is 59.0 Å². The van der Waals surface area contributed by atoms with Crippen molar-refractivity contribution >= 4 is 22.9 Å². The second kappa shape index (κ2) is 8.26. The van der Waals surface area contributed by atoms with Crippen molar-refractivity contribution in [3.05, 3.63) is 29.5 Å². The SMILES string of the molecule is Cc1cccc2c(C(C)(C)NC(=O)C3COCCN(C(=O)OC(C)(C)C)C3)[nH]nc12. The normalized spacial score (nSPS) is 18.2. The molecule has 1 aliphatic heterocycles. The molecule has 1 aliphatic rings. The number of amides is 2. The number of ether oxygens (including phenoxy) is 2. The summed E-state index contributed by atoms with van der Waals surface area (Å²) in [6.45, 7) is 12.6. The largest absolute Gasteiger partial charge is 0.444 e. The van der Waals surface area contributed by atoms with Crippen LogP contribution in [0.25, 0.3) is 10.9 Å². The van der Waals surface area contributed by atoms with Gasteiger partial charge in [-0.3, -0.25) is 9.89 Å². The summed E-state index contributed by atoms with van der Waals surface area (Å²) in [6, 6.07) is 5.98. The predicted octanol–water partition coefficient (Wildman–Crippen LogP) is 3.11. The van der Waals surface area contributed by atoms with E-state index < -0.39 is 23.2 Å². The molecule has 0 aliphatic carbocycles. The van der Waals surface area contributed by atoms with Crippen LogP contribution < -0.4 is 5.32 Å². The van der Waals surface area contributed by atoms with E-state index >= 15 is 0 Å². The fourth-order valence-electron chi connectivity index (χ4n) is 3.59. The van der Waals surface area contributed by atoms with E-state index in [1.165, 1.54) is 0 Å². The first-order chi connectivity index (χ1) is 14.0. The second-order valence-electron chi connectivity index (χ2n) is 9.38. The highest BCUT2D eigenvalue weighted by Crippen LogP contribution is 2.28. The number of nitrogens with zero attached hydrogens (tertiary/aromatic N) is 2. The molecular weight excluding hydrogens is 384 g/mol. The number of H-pyrrole nitrogens is 1. The number of aromatic nitrogens is 2. The van der Waals surface area contributed by atoms with Gasteiger partial charge in [-0.1, -0.05) is 18.2 Å². The number of benzene rings is 1. The van der Waals surface area contributed by atoms with Gasteiger partial charge in [0.15, 0.2) is 0 Å². The van der Waals surface area contributed by atoms with Gasteiger partial charge in [-0.15, -0.1) is 0 Å². The molecule has 3 rings (SSSR count). The molecule has 0 bridgehead atoms. The maximum atomic E-state index is 13.1. The zero-order valence-corrected chi connectivity index (χ0v) is 18.7. The van der Waals surface area contributed by atoms with E-state index in [1.807, 2.05) is 59.7 Å². The first kappa shape index (κ1) is 22.1. The third-order valence-electron chi connectivity index (χ3n) is 5.14. The highest BCUT2D eigenvalue weighted by Gasteiger charge is 2.34. The van der Waals surface area contributed by atoms with Gasteiger partial charge in [0.25, 0.3) is 0 Å². The van der Waals surface area contributed by atoms with E-state index in [9.17, 15) is 9.59 Å². The fourth-order valence-corrected chi connectivity index (χ4v) is 3.59. The molecule has 8 nitrogen and oxygen atoms in total. The summed E-state index contributed by atoms with van der Waals surface area (Å²) < 4.78 is 11.1. The van der Waals surface area contributed by atoms with E-state index in [2.05, 4.69) is 15.5 Å². The smallest absolute Gasteiger partial charge is 0.410 e. The van der Waals surface area contributed by atoms with Crippen molar-refractivity contribution in [2.24, 2.45) is 5.92 Å². The second-order valence-corrected chi connectivity index (χ2v) is 9.38. The minimum Gasteiger partial charge on any atom is -0.444 e. The van der Waals surface area contributed by atoms with E-state index in [-0.39, 0.29) is 19.1 Å². The van der Waals surface area contributed by atoms with Crippen molar-refractivity contribution in [1.82, 2.24) is 20.4 Å². The molecule has 1 atom stereocenters. The van der Waals surface area contributed by atoms with Crippen molar-refractivity contribution < 1.29 is 19.1 Å². The Labute approximate surface area is 177 Å². The Morgan fingerprint density at radius 2 is 2.00 bits per heavy atom. The maximum absolute atomic E-state index is 13.1. The molecule has 164 valence electrons. The van der Waals surface area contributed by atoms with Crippen LogP contribution in [0.15, 0.2) is 18.2 Å². The number of hydrogen-bond donors (Lipinski definition) is 2. The van der Waals surface area contributed by atoms with Gasteiger partial charge in [-0.2, -0.15) is 5.10 Å². The van der Waals surface area contributed by atoms with Crippen LogP contribution in [0.5, 0.6) is 0 Å². The van der Waals surface area contributed by atoms with Gasteiger partial charge in [0.1, 0.15) is 5.60 Å².